The molecule has 1 fully saturated rings. The van der Waals surface area contributed by atoms with Gasteiger partial charge in [0.25, 0.3) is 5.91 Å². The molecule has 8 nitrogen and oxygen atoms in total. The lowest BCUT2D eigenvalue weighted by atomic mass is 10.0. The molecule has 1 aliphatic heterocycles. The number of nitrogens with zero attached hydrogens (tertiary/aromatic N) is 3. The Hall–Kier alpha value is -3.34. The zero-order chi connectivity index (χ0) is 26.0. The number of thiazole rings is 1. The van der Waals surface area contributed by atoms with E-state index in [1.807, 2.05) is 6.07 Å². The number of methoxy groups -OCH3 is 1. The van der Waals surface area contributed by atoms with Crippen LogP contribution in [0.2, 0.25) is 0 Å². The van der Waals surface area contributed by atoms with Crippen LogP contribution in [0.3, 0.4) is 0 Å². The molecule has 196 valence electrons. The minimum Gasteiger partial charge on any atom is -0.383 e. The molecule has 0 bridgehead atoms. The molecule has 0 spiro atoms. The van der Waals surface area contributed by atoms with Crippen LogP contribution < -0.4 is 10.6 Å². The lowest BCUT2D eigenvalue weighted by Crippen LogP contribution is -2.44. The van der Waals surface area contributed by atoms with Gasteiger partial charge in [0.2, 0.25) is 0 Å². The van der Waals surface area contributed by atoms with Gasteiger partial charge < -0.3 is 20.3 Å². The van der Waals surface area contributed by atoms with Crippen molar-refractivity contribution >= 4 is 29.0 Å². The molecular weight excluding hydrogens is 493 g/mol. The minimum absolute atomic E-state index is 0.101. The lowest BCUT2D eigenvalue weighted by molar-refractivity contribution is 0.0904. The fourth-order valence-electron chi connectivity index (χ4n) is 4.20. The van der Waals surface area contributed by atoms with E-state index < -0.39 is 11.8 Å². The maximum atomic E-state index is 14.0. The lowest BCUT2D eigenvalue weighted by Gasteiger charge is -2.32. The maximum absolute atomic E-state index is 14.0. The standard InChI is InChI=1S/C27H32FN5O3S/c1-36-16-15-33(27(35)31-23-10-6-5-9-22(23)28)18-25-30-24(19-37-25)26(34)29-21-11-13-32(14-12-21)17-20-7-3-2-4-8-20/h2-10,19,21H,11-18H2,1H3,(H,29,34)(H,31,35). The second-order valence-electron chi connectivity index (χ2n) is 8.96. The van der Waals surface area contributed by atoms with Crippen LogP contribution in [0.4, 0.5) is 14.9 Å². The summed E-state index contributed by atoms with van der Waals surface area (Å²) in [5.74, 6) is -0.718. The molecule has 0 atom stereocenters. The number of amides is 3. The quantitative estimate of drug-likeness (QED) is 0.411. The van der Waals surface area contributed by atoms with Gasteiger partial charge in [0.1, 0.15) is 16.5 Å². The number of halogens is 1. The number of piperidine rings is 1. The van der Waals surface area contributed by atoms with E-state index in [0.29, 0.717) is 23.9 Å². The Morgan fingerprint density at radius 3 is 2.59 bits per heavy atom. The van der Waals surface area contributed by atoms with Crippen molar-refractivity contribution in [3.05, 3.63) is 82.1 Å². The number of hydrogen-bond acceptors (Lipinski definition) is 6. The van der Waals surface area contributed by atoms with E-state index in [9.17, 15) is 14.0 Å². The minimum atomic E-state index is -0.512. The van der Waals surface area contributed by atoms with Crippen LogP contribution >= 0.6 is 11.3 Å². The van der Waals surface area contributed by atoms with Gasteiger partial charge in [-0.3, -0.25) is 9.69 Å². The first-order valence-electron chi connectivity index (χ1n) is 12.3. The summed E-state index contributed by atoms with van der Waals surface area (Å²) in [6.07, 6.45) is 1.77. The largest absolute Gasteiger partial charge is 0.383 e. The van der Waals surface area contributed by atoms with Crippen LogP contribution in [0, 0.1) is 5.82 Å². The highest BCUT2D eigenvalue weighted by Crippen LogP contribution is 2.18. The highest BCUT2D eigenvalue weighted by molar-refractivity contribution is 7.09. The van der Waals surface area contributed by atoms with Gasteiger partial charge in [0.05, 0.1) is 18.8 Å². The summed E-state index contributed by atoms with van der Waals surface area (Å²) < 4.78 is 19.1. The fourth-order valence-corrected chi connectivity index (χ4v) is 4.99. The summed E-state index contributed by atoms with van der Waals surface area (Å²) in [6.45, 7) is 3.55. The van der Waals surface area contributed by atoms with Gasteiger partial charge in [-0.05, 0) is 30.5 Å². The molecule has 1 saturated heterocycles. The third-order valence-electron chi connectivity index (χ3n) is 6.25. The van der Waals surface area contributed by atoms with Crippen LogP contribution in [0.15, 0.2) is 60.0 Å². The van der Waals surface area contributed by atoms with Crippen molar-refractivity contribution in [1.29, 1.82) is 0 Å². The average Bonchev–Trinajstić information content (AvgIpc) is 3.38. The van der Waals surface area contributed by atoms with Crippen LogP contribution in [0.1, 0.15) is 33.9 Å². The molecule has 2 aromatic carbocycles. The number of carbonyl (C=O) groups excluding carboxylic acids is 2. The number of carbonyl (C=O) groups is 2. The number of rotatable bonds is 10. The smallest absolute Gasteiger partial charge is 0.322 e. The Kier molecular flexibility index (Phi) is 9.58. The van der Waals surface area contributed by atoms with Gasteiger partial charge in [0.15, 0.2) is 0 Å². The number of nitrogens with one attached hydrogen (secondary N) is 2. The van der Waals surface area contributed by atoms with Gasteiger partial charge in [-0.2, -0.15) is 0 Å². The molecule has 2 N–H and O–H groups in total. The normalized spacial score (nSPS) is 14.3. The van der Waals surface area contributed by atoms with E-state index in [2.05, 4.69) is 44.8 Å². The monoisotopic (exact) mass is 525 g/mol. The van der Waals surface area contributed by atoms with Crippen molar-refractivity contribution in [2.45, 2.75) is 32.0 Å². The predicted molar refractivity (Wildman–Crippen MR) is 142 cm³/mol. The Morgan fingerprint density at radius 1 is 1.14 bits per heavy atom. The van der Waals surface area contributed by atoms with E-state index in [4.69, 9.17) is 4.74 Å². The molecule has 3 aromatic rings. The Balaban J connectivity index is 1.29. The number of aromatic nitrogens is 1. The number of anilines is 1. The molecule has 4 rings (SSSR count). The van der Waals surface area contributed by atoms with E-state index in [1.54, 1.807) is 24.6 Å². The van der Waals surface area contributed by atoms with Crippen molar-refractivity contribution in [3.8, 4) is 0 Å². The average molecular weight is 526 g/mol. The molecule has 0 aliphatic carbocycles. The van der Waals surface area contributed by atoms with E-state index >= 15 is 0 Å². The second kappa shape index (κ2) is 13.3. The summed E-state index contributed by atoms with van der Waals surface area (Å²) in [4.78, 5) is 34.0. The summed E-state index contributed by atoms with van der Waals surface area (Å²) in [6, 6.07) is 16.0. The van der Waals surface area contributed by atoms with Gasteiger partial charge in [-0.15, -0.1) is 11.3 Å². The molecular formula is C27H32FN5O3S. The molecule has 0 saturated carbocycles. The Bertz CT molecular complexity index is 1170. The molecule has 3 amide bonds. The predicted octanol–water partition coefficient (Wildman–Crippen LogP) is 4.36. The van der Waals surface area contributed by atoms with Gasteiger partial charge in [0, 0.05) is 44.7 Å². The zero-order valence-corrected chi connectivity index (χ0v) is 21.7. The topological polar surface area (TPSA) is 86.8 Å². The Morgan fingerprint density at radius 2 is 1.86 bits per heavy atom. The van der Waals surface area contributed by atoms with Gasteiger partial charge in [-0.1, -0.05) is 42.5 Å². The molecule has 2 heterocycles. The van der Waals surface area contributed by atoms with Crippen molar-refractivity contribution in [3.63, 3.8) is 0 Å². The first kappa shape index (κ1) is 26.7. The summed E-state index contributed by atoms with van der Waals surface area (Å²) >= 11 is 1.31. The van der Waals surface area contributed by atoms with Crippen LogP contribution in [0.25, 0.3) is 0 Å². The summed E-state index contributed by atoms with van der Waals surface area (Å²) in [5, 5.41) is 8.02. The van der Waals surface area contributed by atoms with Crippen LogP contribution in [-0.2, 0) is 17.8 Å². The molecule has 0 radical (unpaired) electrons. The highest BCUT2D eigenvalue weighted by atomic mass is 32.1. The molecule has 37 heavy (non-hydrogen) atoms. The molecule has 0 unspecified atom stereocenters. The summed E-state index contributed by atoms with van der Waals surface area (Å²) in [7, 11) is 1.55. The number of likely N-dealkylation sites (tertiary alicyclic amines) is 1. The zero-order valence-electron chi connectivity index (χ0n) is 20.9. The maximum Gasteiger partial charge on any atom is 0.322 e. The number of para-hydroxylation sites is 1. The third-order valence-corrected chi connectivity index (χ3v) is 7.08. The summed E-state index contributed by atoms with van der Waals surface area (Å²) in [5.41, 5.74) is 1.74. The molecule has 1 aliphatic rings. The van der Waals surface area contributed by atoms with Crippen molar-refractivity contribution in [2.75, 3.05) is 38.7 Å². The van der Waals surface area contributed by atoms with Crippen LogP contribution in [0.5, 0.6) is 0 Å². The van der Waals surface area contributed by atoms with Crippen molar-refractivity contribution in [2.24, 2.45) is 0 Å². The first-order chi connectivity index (χ1) is 18.0. The number of hydrogen-bond donors (Lipinski definition) is 2. The van der Waals surface area contributed by atoms with Crippen molar-refractivity contribution in [1.82, 2.24) is 20.1 Å². The van der Waals surface area contributed by atoms with E-state index in [1.165, 1.54) is 33.9 Å². The van der Waals surface area contributed by atoms with Crippen LogP contribution in [-0.4, -0.2) is 66.1 Å². The second-order valence-corrected chi connectivity index (χ2v) is 9.90. The van der Waals surface area contributed by atoms with Gasteiger partial charge >= 0.3 is 6.03 Å². The Labute approximate surface area is 220 Å². The number of benzene rings is 2. The fraction of sp³-hybridized carbons (Fsp3) is 0.370. The first-order valence-corrected chi connectivity index (χ1v) is 13.2. The number of urea groups is 1. The molecule has 1 aromatic heterocycles. The van der Waals surface area contributed by atoms with Gasteiger partial charge in [-0.25, -0.2) is 14.2 Å². The van der Waals surface area contributed by atoms with E-state index in [-0.39, 0.29) is 24.2 Å². The molecule has 10 heteroatoms. The number of ether oxygens (including phenoxy) is 1. The SMILES string of the molecule is COCCN(Cc1nc(C(=O)NC2CCN(Cc3ccccc3)CC2)cs1)C(=O)Nc1ccccc1F. The van der Waals surface area contributed by atoms with E-state index in [0.717, 1.165) is 32.5 Å². The van der Waals surface area contributed by atoms with Crippen molar-refractivity contribution < 1.29 is 18.7 Å². The third kappa shape index (κ3) is 7.82. The highest BCUT2D eigenvalue weighted by Gasteiger charge is 2.23.